The van der Waals surface area contributed by atoms with E-state index >= 15 is 0 Å². The molecule has 0 aromatic heterocycles. The molecule has 0 saturated heterocycles. The summed E-state index contributed by atoms with van der Waals surface area (Å²) in [5.74, 6) is -0.0661. The molecule has 0 radical (unpaired) electrons. The topological polar surface area (TPSA) is 59.1 Å². The molecular weight excluding hydrogens is 356 g/mol. The largest absolute Gasteiger partial charge is 0.444 e. The molecule has 0 aromatic carbocycles. The fourth-order valence-corrected chi connectivity index (χ4v) is 3.58. The summed E-state index contributed by atoms with van der Waals surface area (Å²) in [6.07, 6.45) is 14.7. The Hall–Kier alpha value is -2.50. The number of hydrogen-bond donors (Lipinski definition) is 0. The molecule has 28 heavy (non-hydrogen) atoms. The van der Waals surface area contributed by atoms with Gasteiger partial charge in [-0.2, -0.15) is 0 Å². The Balaban J connectivity index is 2.00. The molecule has 0 aromatic rings. The fraction of sp³-hybridized carbons (Fsp3) is 0.545. The fourth-order valence-electron chi connectivity index (χ4n) is 3.58. The molecule has 3 aliphatic rings. The molecule has 0 N–H and O–H groups in total. The highest BCUT2D eigenvalue weighted by atomic mass is 16.6. The van der Waals surface area contributed by atoms with E-state index in [1.807, 2.05) is 78.0 Å². The van der Waals surface area contributed by atoms with Crippen LogP contribution in [0, 0.1) is 5.92 Å². The Morgan fingerprint density at radius 2 is 1.29 bits per heavy atom. The van der Waals surface area contributed by atoms with Gasteiger partial charge < -0.3 is 9.47 Å². The summed E-state index contributed by atoms with van der Waals surface area (Å²) in [6.45, 7) is 11.1. The van der Waals surface area contributed by atoms with Crippen LogP contribution in [0.15, 0.2) is 48.7 Å². The quantitative estimate of drug-likeness (QED) is 0.579. The van der Waals surface area contributed by atoms with Gasteiger partial charge in [-0.05, 0) is 41.5 Å². The molecule has 0 saturated carbocycles. The zero-order valence-corrected chi connectivity index (χ0v) is 17.5. The second-order valence-electron chi connectivity index (χ2n) is 9.32. The molecule has 0 aliphatic carbocycles. The van der Waals surface area contributed by atoms with Gasteiger partial charge >= 0.3 is 12.2 Å². The van der Waals surface area contributed by atoms with Gasteiger partial charge in [0.05, 0.1) is 18.1 Å². The predicted molar refractivity (Wildman–Crippen MR) is 108 cm³/mol. The van der Waals surface area contributed by atoms with Crippen molar-refractivity contribution in [1.29, 1.82) is 0 Å². The molecular formula is C22H30N2O4. The Morgan fingerprint density at radius 3 is 1.89 bits per heavy atom. The molecule has 0 fully saturated rings. The summed E-state index contributed by atoms with van der Waals surface area (Å²) in [6, 6.07) is -0.938. The summed E-state index contributed by atoms with van der Waals surface area (Å²) < 4.78 is 11.3. The number of nitrogens with zero attached hydrogens (tertiary/aromatic N) is 2. The van der Waals surface area contributed by atoms with Gasteiger partial charge in [-0.1, -0.05) is 42.5 Å². The first-order valence-electron chi connectivity index (χ1n) is 9.70. The van der Waals surface area contributed by atoms with Crippen molar-refractivity contribution in [2.45, 2.75) is 70.9 Å². The van der Waals surface area contributed by atoms with Crippen LogP contribution in [0.4, 0.5) is 9.59 Å². The minimum atomic E-state index is -0.608. The number of rotatable bonds is 0. The highest BCUT2D eigenvalue weighted by Crippen LogP contribution is 2.34. The lowest BCUT2D eigenvalue weighted by Crippen LogP contribution is -2.57. The van der Waals surface area contributed by atoms with Crippen molar-refractivity contribution in [3.05, 3.63) is 48.7 Å². The standard InChI is InChI=1S/C22H30N2O4/c1-21(2,3)27-19(25)23-14-13-15-11-12-17(23)18-10-8-7-9-16(15)24(18)20(26)28-22(4,5)6/h7-18H,1-6H3/t15-,16-,17+,18-/m1/s1. The van der Waals surface area contributed by atoms with Crippen molar-refractivity contribution in [3.8, 4) is 0 Å². The van der Waals surface area contributed by atoms with E-state index in [2.05, 4.69) is 6.08 Å². The van der Waals surface area contributed by atoms with Crippen LogP contribution < -0.4 is 0 Å². The SMILES string of the molecule is CC(C)(C)OC(=O)N1C=C[C@H]2C=C[C@H]1[C@H]1C=CC=C[C@H]2N1C(=O)OC(C)(C)C. The average molecular weight is 386 g/mol. The van der Waals surface area contributed by atoms with E-state index in [9.17, 15) is 9.59 Å². The lowest BCUT2D eigenvalue weighted by atomic mass is 9.97. The van der Waals surface area contributed by atoms with Gasteiger partial charge in [-0.15, -0.1) is 0 Å². The molecule has 152 valence electrons. The molecule has 3 heterocycles. The van der Waals surface area contributed by atoms with E-state index in [0.29, 0.717) is 0 Å². The minimum absolute atomic E-state index is 0.0661. The molecule has 0 spiro atoms. The number of amides is 2. The summed E-state index contributed by atoms with van der Waals surface area (Å²) >= 11 is 0. The van der Waals surface area contributed by atoms with Crippen LogP contribution in [0.2, 0.25) is 0 Å². The Labute approximate surface area is 167 Å². The molecule has 0 unspecified atom stereocenters. The van der Waals surface area contributed by atoms with E-state index in [4.69, 9.17) is 9.47 Å². The van der Waals surface area contributed by atoms with E-state index in [0.717, 1.165) is 0 Å². The van der Waals surface area contributed by atoms with Crippen LogP contribution >= 0.6 is 0 Å². The van der Waals surface area contributed by atoms with E-state index in [-0.39, 0.29) is 24.0 Å². The van der Waals surface area contributed by atoms with Crippen molar-refractivity contribution in [3.63, 3.8) is 0 Å². The van der Waals surface area contributed by atoms with Crippen LogP contribution in [0.3, 0.4) is 0 Å². The second kappa shape index (κ2) is 7.15. The van der Waals surface area contributed by atoms with Gasteiger partial charge in [0.25, 0.3) is 0 Å². The number of carbonyl (C=O) groups excluding carboxylic acids is 2. The highest BCUT2D eigenvalue weighted by Gasteiger charge is 2.44. The Kier molecular flexibility index (Phi) is 5.17. The van der Waals surface area contributed by atoms with E-state index in [1.165, 1.54) is 0 Å². The van der Waals surface area contributed by atoms with Gasteiger partial charge in [0, 0.05) is 12.1 Å². The van der Waals surface area contributed by atoms with Gasteiger partial charge in [-0.3, -0.25) is 9.80 Å². The van der Waals surface area contributed by atoms with Crippen molar-refractivity contribution < 1.29 is 19.1 Å². The highest BCUT2D eigenvalue weighted by molar-refractivity contribution is 5.73. The van der Waals surface area contributed by atoms with Crippen molar-refractivity contribution >= 4 is 12.2 Å². The average Bonchev–Trinajstić information content (AvgIpc) is 2.93. The third-order valence-electron chi connectivity index (χ3n) is 4.64. The zero-order valence-electron chi connectivity index (χ0n) is 17.5. The first kappa shape index (κ1) is 20.2. The molecule has 2 amide bonds. The maximum atomic E-state index is 13.1. The molecule has 6 nitrogen and oxygen atoms in total. The summed E-state index contributed by atoms with van der Waals surface area (Å²) in [5.41, 5.74) is -1.22. The number of ether oxygens (including phenoxy) is 2. The van der Waals surface area contributed by atoms with E-state index < -0.39 is 23.4 Å². The van der Waals surface area contributed by atoms with Gasteiger partial charge in [-0.25, -0.2) is 9.59 Å². The van der Waals surface area contributed by atoms with Crippen LogP contribution in [0.5, 0.6) is 0 Å². The molecule has 3 aliphatic heterocycles. The van der Waals surface area contributed by atoms with Crippen LogP contribution in [-0.2, 0) is 9.47 Å². The Morgan fingerprint density at radius 1 is 0.714 bits per heavy atom. The smallest absolute Gasteiger partial charge is 0.414 e. The molecule has 4 atom stereocenters. The number of allylic oxidation sites excluding steroid dienone is 2. The van der Waals surface area contributed by atoms with Gasteiger partial charge in [0.2, 0.25) is 0 Å². The third-order valence-corrected chi connectivity index (χ3v) is 4.64. The maximum Gasteiger partial charge on any atom is 0.414 e. The van der Waals surface area contributed by atoms with Gasteiger partial charge in [0.1, 0.15) is 11.2 Å². The van der Waals surface area contributed by atoms with Crippen molar-refractivity contribution in [2.75, 3.05) is 0 Å². The zero-order chi connectivity index (χ0) is 20.7. The first-order chi connectivity index (χ1) is 13.0. The monoisotopic (exact) mass is 386 g/mol. The van der Waals surface area contributed by atoms with Crippen molar-refractivity contribution in [2.24, 2.45) is 5.92 Å². The Bertz CT molecular complexity index is 751. The third kappa shape index (κ3) is 4.32. The van der Waals surface area contributed by atoms with Crippen LogP contribution in [0.25, 0.3) is 0 Å². The summed E-state index contributed by atoms with van der Waals surface area (Å²) in [4.78, 5) is 29.3. The molecule has 6 heteroatoms. The number of fused-ring (bicyclic) bond motifs is 6. The summed E-state index contributed by atoms with van der Waals surface area (Å²) in [7, 11) is 0. The lowest BCUT2D eigenvalue weighted by Gasteiger charge is -2.42. The molecule has 3 rings (SSSR count). The maximum absolute atomic E-state index is 13.1. The van der Waals surface area contributed by atoms with Crippen molar-refractivity contribution in [1.82, 2.24) is 9.80 Å². The second-order valence-corrected chi connectivity index (χ2v) is 9.32. The van der Waals surface area contributed by atoms with Gasteiger partial charge in [0.15, 0.2) is 0 Å². The predicted octanol–water partition coefficient (Wildman–Crippen LogP) is 4.41. The minimum Gasteiger partial charge on any atom is -0.444 e. The number of hydrogen-bond acceptors (Lipinski definition) is 4. The normalized spacial score (nSPS) is 28.6. The molecule has 4 bridgehead atoms. The van der Waals surface area contributed by atoms with E-state index in [1.54, 1.807) is 16.0 Å². The number of carbonyl (C=O) groups is 2. The van der Waals surface area contributed by atoms with Crippen LogP contribution in [-0.4, -0.2) is 51.3 Å². The first-order valence-corrected chi connectivity index (χ1v) is 9.70. The summed E-state index contributed by atoms with van der Waals surface area (Å²) in [5, 5.41) is 0. The van der Waals surface area contributed by atoms with Crippen LogP contribution in [0.1, 0.15) is 41.5 Å². The lowest BCUT2D eigenvalue weighted by molar-refractivity contribution is -0.000598.